The Balaban J connectivity index is 1.76. The molecule has 1 aliphatic rings. The van der Waals surface area contributed by atoms with Crippen molar-refractivity contribution in [2.75, 3.05) is 11.6 Å². The van der Waals surface area contributed by atoms with E-state index in [1.54, 1.807) is 30.3 Å². The van der Waals surface area contributed by atoms with Gasteiger partial charge in [0.1, 0.15) is 17.5 Å². The van der Waals surface area contributed by atoms with Crippen LogP contribution in [0.1, 0.15) is 19.1 Å². The average Bonchev–Trinajstić information content (AvgIpc) is 3.30. The standard InChI is InChI=1S/C18H19N3O4/c1-2-24-18(23)15-11-16(17(22)19-12-14-9-6-10-25-14)21(20-15)13-7-4-3-5-8-13/h3-10,16H,2,11-12H2,1H3,(H,19,22). The van der Waals surface area contributed by atoms with Crippen molar-refractivity contribution in [3.8, 4) is 0 Å². The summed E-state index contributed by atoms with van der Waals surface area (Å²) in [7, 11) is 0. The van der Waals surface area contributed by atoms with Crippen molar-refractivity contribution in [1.29, 1.82) is 0 Å². The molecule has 0 radical (unpaired) electrons. The third kappa shape index (κ3) is 3.88. The van der Waals surface area contributed by atoms with E-state index in [0.717, 1.165) is 5.69 Å². The molecule has 0 bridgehead atoms. The summed E-state index contributed by atoms with van der Waals surface area (Å²) in [4.78, 5) is 24.6. The predicted octanol–water partition coefficient (Wildman–Crippen LogP) is 2.09. The fourth-order valence-corrected chi connectivity index (χ4v) is 2.58. The summed E-state index contributed by atoms with van der Waals surface area (Å²) in [6.07, 6.45) is 1.74. The van der Waals surface area contributed by atoms with Gasteiger partial charge >= 0.3 is 5.97 Å². The smallest absolute Gasteiger partial charge is 0.354 e. The van der Waals surface area contributed by atoms with Gasteiger partial charge in [-0.05, 0) is 31.2 Å². The zero-order valence-electron chi connectivity index (χ0n) is 13.8. The van der Waals surface area contributed by atoms with Crippen LogP contribution in [0.5, 0.6) is 0 Å². The molecule has 7 heteroatoms. The Bertz CT molecular complexity index is 756. The Morgan fingerprint density at radius 2 is 2.08 bits per heavy atom. The summed E-state index contributed by atoms with van der Waals surface area (Å²) in [6.45, 7) is 2.27. The highest BCUT2D eigenvalue weighted by atomic mass is 16.5. The molecular formula is C18H19N3O4. The van der Waals surface area contributed by atoms with Crippen molar-refractivity contribution >= 4 is 23.3 Å². The maximum atomic E-state index is 12.6. The summed E-state index contributed by atoms with van der Waals surface area (Å²) in [5, 5.41) is 8.69. The van der Waals surface area contributed by atoms with Crippen LogP contribution in [0.2, 0.25) is 0 Å². The number of benzene rings is 1. The number of hydrogen-bond donors (Lipinski definition) is 1. The number of anilines is 1. The molecule has 1 N–H and O–H groups in total. The van der Waals surface area contributed by atoms with Crippen molar-refractivity contribution in [2.24, 2.45) is 5.10 Å². The van der Waals surface area contributed by atoms with Crippen LogP contribution in [0.3, 0.4) is 0 Å². The van der Waals surface area contributed by atoms with Crippen molar-refractivity contribution in [3.05, 3.63) is 54.5 Å². The Kier molecular flexibility index (Phi) is 5.13. The van der Waals surface area contributed by atoms with Crippen LogP contribution in [0.25, 0.3) is 0 Å². The maximum Gasteiger partial charge on any atom is 0.354 e. The highest BCUT2D eigenvalue weighted by Gasteiger charge is 2.36. The fourth-order valence-electron chi connectivity index (χ4n) is 2.58. The molecule has 1 unspecified atom stereocenters. The first-order valence-corrected chi connectivity index (χ1v) is 8.08. The molecule has 2 aromatic rings. The lowest BCUT2D eigenvalue weighted by Crippen LogP contribution is -2.42. The molecule has 0 fully saturated rings. The van der Waals surface area contributed by atoms with E-state index in [-0.39, 0.29) is 31.2 Å². The SMILES string of the molecule is CCOC(=O)C1=NN(c2ccccc2)C(C(=O)NCc2ccco2)C1. The van der Waals surface area contributed by atoms with Gasteiger partial charge in [0.05, 0.1) is 25.1 Å². The zero-order valence-corrected chi connectivity index (χ0v) is 13.8. The van der Waals surface area contributed by atoms with Gasteiger partial charge in [-0.1, -0.05) is 18.2 Å². The summed E-state index contributed by atoms with van der Waals surface area (Å²) >= 11 is 0. The first-order chi connectivity index (χ1) is 12.2. The van der Waals surface area contributed by atoms with Crippen LogP contribution in [0.15, 0.2) is 58.2 Å². The summed E-state index contributed by atoms with van der Waals surface area (Å²) in [5.74, 6) is -0.0720. The molecule has 7 nitrogen and oxygen atoms in total. The van der Waals surface area contributed by atoms with Crippen molar-refractivity contribution < 1.29 is 18.7 Å². The Morgan fingerprint density at radius 3 is 2.76 bits per heavy atom. The molecule has 1 aromatic heterocycles. The number of carbonyl (C=O) groups excluding carboxylic acids is 2. The maximum absolute atomic E-state index is 12.6. The molecule has 0 aliphatic carbocycles. The highest BCUT2D eigenvalue weighted by molar-refractivity contribution is 6.38. The monoisotopic (exact) mass is 341 g/mol. The largest absolute Gasteiger partial charge is 0.467 e. The second kappa shape index (κ2) is 7.65. The minimum absolute atomic E-state index is 0.192. The van der Waals surface area contributed by atoms with Gasteiger partial charge in [-0.3, -0.25) is 9.80 Å². The molecule has 2 heterocycles. The Morgan fingerprint density at radius 1 is 1.28 bits per heavy atom. The van der Waals surface area contributed by atoms with E-state index < -0.39 is 12.0 Å². The Hall–Kier alpha value is -3.09. The number of hydrazone groups is 1. The van der Waals surface area contributed by atoms with E-state index >= 15 is 0 Å². The molecule has 1 atom stereocenters. The molecule has 1 aromatic carbocycles. The van der Waals surface area contributed by atoms with Crippen LogP contribution in [0, 0.1) is 0 Å². The molecule has 1 aliphatic heterocycles. The number of rotatable bonds is 6. The van der Waals surface area contributed by atoms with Gasteiger partial charge in [-0.25, -0.2) is 4.79 Å². The van der Waals surface area contributed by atoms with E-state index in [4.69, 9.17) is 9.15 Å². The number of esters is 1. The van der Waals surface area contributed by atoms with Crippen LogP contribution in [0.4, 0.5) is 5.69 Å². The second-order valence-electron chi connectivity index (χ2n) is 5.46. The third-order valence-corrected chi connectivity index (χ3v) is 3.76. The van der Waals surface area contributed by atoms with E-state index in [0.29, 0.717) is 5.76 Å². The van der Waals surface area contributed by atoms with Crippen molar-refractivity contribution in [1.82, 2.24) is 5.32 Å². The van der Waals surface area contributed by atoms with Crippen molar-refractivity contribution in [2.45, 2.75) is 25.9 Å². The lowest BCUT2D eigenvalue weighted by Gasteiger charge is -2.22. The molecular weight excluding hydrogens is 322 g/mol. The number of para-hydroxylation sites is 1. The normalized spacial score (nSPS) is 16.4. The lowest BCUT2D eigenvalue weighted by molar-refractivity contribution is -0.135. The third-order valence-electron chi connectivity index (χ3n) is 3.76. The molecule has 0 saturated heterocycles. The highest BCUT2D eigenvalue weighted by Crippen LogP contribution is 2.25. The number of hydrogen-bond acceptors (Lipinski definition) is 6. The van der Waals surface area contributed by atoms with Gasteiger partial charge in [0.15, 0.2) is 0 Å². The van der Waals surface area contributed by atoms with Crippen molar-refractivity contribution in [3.63, 3.8) is 0 Å². The predicted molar refractivity (Wildman–Crippen MR) is 91.9 cm³/mol. The molecule has 3 rings (SSSR count). The molecule has 130 valence electrons. The minimum atomic E-state index is -0.614. The zero-order chi connectivity index (χ0) is 17.6. The summed E-state index contributed by atoms with van der Waals surface area (Å²) in [5.41, 5.74) is 0.976. The molecule has 1 amide bonds. The van der Waals surface area contributed by atoms with E-state index in [1.165, 1.54) is 0 Å². The first kappa shape index (κ1) is 16.8. The van der Waals surface area contributed by atoms with Gasteiger partial charge < -0.3 is 14.5 Å². The van der Waals surface area contributed by atoms with Gasteiger partial charge in [0.2, 0.25) is 5.91 Å². The van der Waals surface area contributed by atoms with Gasteiger partial charge in [0.25, 0.3) is 0 Å². The van der Waals surface area contributed by atoms with Crippen LogP contribution in [-0.2, 0) is 20.9 Å². The van der Waals surface area contributed by atoms with Gasteiger partial charge in [0, 0.05) is 6.42 Å². The second-order valence-corrected chi connectivity index (χ2v) is 5.46. The number of carbonyl (C=O) groups is 2. The summed E-state index contributed by atoms with van der Waals surface area (Å²) < 4.78 is 10.2. The van der Waals surface area contributed by atoms with E-state index in [9.17, 15) is 9.59 Å². The molecule has 0 spiro atoms. The van der Waals surface area contributed by atoms with E-state index in [1.807, 2.05) is 30.3 Å². The Labute approximate surface area is 145 Å². The quantitative estimate of drug-likeness (QED) is 0.814. The minimum Gasteiger partial charge on any atom is -0.467 e. The van der Waals surface area contributed by atoms with E-state index in [2.05, 4.69) is 10.4 Å². The number of furan rings is 1. The topological polar surface area (TPSA) is 84.1 Å². The van der Waals surface area contributed by atoms with Crippen LogP contribution < -0.4 is 10.3 Å². The summed E-state index contributed by atoms with van der Waals surface area (Å²) in [6, 6.07) is 12.2. The number of ether oxygens (including phenoxy) is 1. The first-order valence-electron chi connectivity index (χ1n) is 8.08. The molecule has 0 saturated carbocycles. The average molecular weight is 341 g/mol. The number of nitrogens with zero attached hydrogens (tertiary/aromatic N) is 2. The fraction of sp³-hybridized carbons (Fsp3) is 0.278. The number of amides is 1. The number of nitrogens with one attached hydrogen (secondary N) is 1. The van der Waals surface area contributed by atoms with Crippen LogP contribution in [-0.4, -0.2) is 30.2 Å². The molecule has 25 heavy (non-hydrogen) atoms. The van der Waals surface area contributed by atoms with Gasteiger partial charge in [-0.2, -0.15) is 5.10 Å². The lowest BCUT2D eigenvalue weighted by atomic mass is 10.1. The van der Waals surface area contributed by atoms with Crippen LogP contribution >= 0.6 is 0 Å². The van der Waals surface area contributed by atoms with Gasteiger partial charge in [-0.15, -0.1) is 0 Å².